The van der Waals surface area contributed by atoms with Gasteiger partial charge in [-0.2, -0.15) is 0 Å². The normalized spacial score (nSPS) is 22.1. The van der Waals surface area contributed by atoms with E-state index in [2.05, 4.69) is 5.32 Å². The highest BCUT2D eigenvalue weighted by Crippen LogP contribution is 2.47. The molecule has 0 radical (unpaired) electrons. The maximum Gasteiger partial charge on any atom is 0.335 e. The minimum Gasteiger partial charge on any atom is -0.367 e. The van der Waals surface area contributed by atoms with E-state index in [0.29, 0.717) is 34.8 Å². The average Bonchev–Trinajstić information content (AvgIpc) is 2.79. The number of halogens is 1. The number of aryl methyl sites for hydroxylation is 1. The molecule has 0 aromatic heterocycles. The number of hydrogen-bond donors (Lipinski definition) is 1. The number of hydrogen-bond acceptors (Lipinski definition) is 6. The van der Waals surface area contributed by atoms with E-state index in [0.717, 1.165) is 17.0 Å². The van der Waals surface area contributed by atoms with Crippen molar-refractivity contribution >= 4 is 46.5 Å². The third-order valence-electron chi connectivity index (χ3n) is 6.67. The quantitative estimate of drug-likeness (QED) is 0.383. The fourth-order valence-electron chi connectivity index (χ4n) is 5.19. The molecular formula is C24H25ClN4O5. The maximum absolute atomic E-state index is 14.2. The number of barbiturate groups is 1. The van der Waals surface area contributed by atoms with Crippen molar-refractivity contribution in [3.05, 3.63) is 62.7 Å². The first-order chi connectivity index (χ1) is 16.1. The molecule has 2 unspecified atom stereocenters. The molecule has 0 bridgehead atoms. The van der Waals surface area contributed by atoms with Crippen LogP contribution in [0.5, 0.6) is 0 Å². The standard InChI is InChI=1S/C24H25ClN4O5/c1-4-10-27-18-9-8-17(29(33)34)11-15(18)13-24(20(27)5-2)21(30)26-23(32)28(22(24)31)19-12-16(25)7-6-14(19)3/h6-9,11-12,20H,4-5,10,13H2,1-3H3,(H,26,30,32). The van der Waals surface area contributed by atoms with E-state index >= 15 is 0 Å². The van der Waals surface area contributed by atoms with Crippen molar-refractivity contribution in [2.75, 3.05) is 16.3 Å². The molecule has 1 fully saturated rings. The number of carbonyl (C=O) groups excluding carboxylic acids is 3. The van der Waals surface area contributed by atoms with E-state index in [1.807, 2.05) is 18.7 Å². The molecule has 1 saturated heterocycles. The van der Waals surface area contributed by atoms with Crippen LogP contribution in [-0.4, -0.2) is 35.4 Å². The second kappa shape index (κ2) is 8.72. The fraction of sp³-hybridized carbons (Fsp3) is 0.375. The van der Waals surface area contributed by atoms with E-state index in [1.54, 1.807) is 25.1 Å². The van der Waals surface area contributed by atoms with Crippen LogP contribution in [0.15, 0.2) is 36.4 Å². The van der Waals surface area contributed by atoms with Crippen molar-refractivity contribution in [1.29, 1.82) is 0 Å². The number of urea groups is 1. The fourth-order valence-corrected chi connectivity index (χ4v) is 5.36. The Morgan fingerprint density at radius 1 is 1.15 bits per heavy atom. The first-order valence-electron chi connectivity index (χ1n) is 11.2. The van der Waals surface area contributed by atoms with Gasteiger partial charge in [0, 0.05) is 35.8 Å². The van der Waals surface area contributed by atoms with Gasteiger partial charge in [-0.05, 0) is 49.1 Å². The Balaban J connectivity index is 1.93. The SMILES string of the molecule is CCCN1c2ccc([N+](=O)[O-])cc2CC2(C(=O)NC(=O)N(c3cc(Cl)ccc3C)C2=O)C1CC. The summed E-state index contributed by atoms with van der Waals surface area (Å²) in [6, 6.07) is 8.00. The largest absolute Gasteiger partial charge is 0.367 e. The lowest BCUT2D eigenvalue weighted by molar-refractivity contribution is -0.384. The van der Waals surface area contributed by atoms with Crippen LogP contribution < -0.4 is 15.1 Å². The van der Waals surface area contributed by atoms with Crippen molar-refractivity contribution in [1.82, 2.24) is 5.32 Å². The van der Waals surface area contributed by atoms with Crippen molar-refractivity contribution < 1.29 is 19.3 Å². The number of fused-ring (bicyclic) bond motifs is 1. The Kier molecular flexibility index (Phi) is 6.07. The van der Waals surface area contributed by atoms with Crippen LogP contribution in [0.3, 0.4) is 0 Å². The number of non-ortho nitro benzene ring substituents is 1. The van der Waals surface area contributed by atoms with Crippen molar-refractivity contribution in [2.45, 2.75) is 46.1 Å². The molecule has 1 N–H and O–H groups in total. The van der Waals surface area contributed by atoms with E-state index in [4.69, 9.17) is 11.6 Å². The van der Waals surface area contributed by atoms with Crippen LogP contribution in [0, 0.1) is 22.5 Å². The Labute approximate surface area is 201 Å². The van der Waals surface area contributed by atoms with E-state index in [1.165, 1.54) is 18.2 Å². The second-order valence-corrected chi connectivity index (χ2v) is 9.10. The van der Waals surface area contributed by atoms with Gasteiger partial charge in [0.2, 0.25) is 5.91 Å². The van der Waals surface area contributed by atoms with Crippen molar-refractivity contribution in [3.8, 4) is 0 Å². The van der Waals surface area contributed by atoms with Gasteiger partial charge in [-0.3, -0.25) is 25.0 Å². The molecule has 2 heterocycles. The lowest BCUT2D eigenvalue weighted by Gasteiger charge is -2.51. The van der Waals surface area contributed by atoms with Gasteiger partial charge in [-0.1, -0.05) is 31.5 Å². The summed E-state index contributed by atoms with van der Waals surface area (Å²) in [4.78, 5) is 54.5. The summed E-state index contributed by atoms with van der Waals surface area (Å²) < 4.78 is 0. The number of nitro benzene ring substituents is 1. The maximum atomic E-state index is 14.2. The van der Waals surface area contributed by atoms with Crippen molar-refractivity contribution in [2.24, 2.45) is 5.41 Å². The zero-order chi connectivity index (χ0) is 24.8. The predicted octanol–water partition coefficient (Wildman–Crippen LogP) is 4.38. The number of amides is 4. The lowest BCUT2D eigenvalue weighted by atomic mass is 9.67. The molecule has 34 heavy (non-hydrogen) atoms. The molecule has 2 aromatic rings. The molecule has 9 nitrogen and oxygen atoms in total. The highest BCUT2D eigenvalue weighted by atomic mass is 35.5. The Bertz CT molecular complexity index is 1220. The topological polar surface area (TPSA) is 113 Å². The third-order valence-corrected chi connectivity index (χ3v) is 6.91. The Morgan fingerprint density at radius 2 is 1.88 bits per heavy atom. The van der Waals surface area contributed by atoms with Gasteiger partial charge in [0.1, 0.15) is 0 Å². The van der Waals surface area contributed by atoms with Gasteiger partial charge in [0.15, 0.2) is 5.41 Å². The van der Waals surface area contributed by atoms with Crippen LogP contribution in [-0.2, 0) is 16.0 Å². The highest BCUT2D eigenvalue weighted by molar-refractivity contribution is 6.33. The molecule has 2 atom stereocenters. The van der Waals surface area contributed by atoms with Crippen LogP contribution in [0.2, 0.25) is 5.02 Å². The van der Waals surface area contributed by atoms with Gasteiger partial charge in [0.05, 0.1) is 16.7 Å². The lowest BCUT2D eigenvalue weighted by Crippen LogP contribution is -2.72. The summed E-state index contributed by atoms with van der Waals surface area (Å²) in [7, 11) is 0. The van der Waals surface area contributed by atoms with Crippen LogP contribution in [0.1, 0.15) is 37.8 Å². The second-order valence-electron chi connectivity index (χ2n) is 8.67. The van der Waals surface area contributed by atoms with E-state index < -0.39 is 34.2 Å². The minimum atomic E-state index is -1.64. The van der Waals surface area contributed by atoms with Gasteiger partial charge in [-0.25, -0.2) is 9.69 Å². The summed E-state index contributed by atoms with van der Waals surface area (Å²) in [5.74, 6) is -1.35. The molecule has 1 spiro atoms. The molecule has 2 aromatic carbocycles. The van der Waals surface area contributed by atoms with Gasteiger partial charge in [0.25, 0.3) is 11.6 Å². The molecule has 178 valence electrons. The molecule has 0 saturated carbocycles. The Hall–Kier alpha value is -3.46. The predicted molar refractivity (Wildman–Crippen MR) is 128 cm³/mol. The number of carbonyl (C=O) groups is 3. The molecule has 4 rings (SSSR count). The van der Waals surface area contributed by atoms with Crippen LogP contribution >= 0.6 is 11.6 Å². The number of nitro groups is 1. The van der Waals surface area contributed by atoms with Gasteiger partial charge in [-0.15, -0.1) is 0 Å². The number of rotatable bonds is 5. The number of benzene rings is 2. The summed E-state index contributed by atoms with van der Waals surface area (Å²) in [6.45, 7) is 6.15. The highest BCUT2D eigenvalue weighted by Gasteiger charge is 2.62. The number of nitrogens with zero attached hydrogens (tertiary/aromatic N) is 3. The minimum absolute atomic E-state index is 0.0587. The monoisotopic (exact) mass is 484 g/mol. The van der Waals surface area contributed by atoms with Crippen LogP contribution in [0.4, 0.5) is 21.9 Å². The first-order valence-corrected chi connectivity index (χ1v) is 11.5. The average molecular weight is 485 g/mol. The smallest absolute Gasteiger partial charge is 0.335 e. The van der Waals surface area contributed by atoms with Crippen molar-refractivity contribution in [3.63, 3.8) is 0 Å². The summed E-state index contributed by atoms with van der Waals surface area (Å²) in [5.41, 5.74) is 0.448. The number of imide groups is 2. The number of nitrogens with one attached hydrogen (secondary N) is 1. The summed E-state index contributed by atoms with van der Waals surface area (Å²) >= 11 is 6.16. The summed E-state index contributed by atoms with van der Waals surface area (Å²) in [5, 5.41) is 14.2. The first kappa shape index (κ1) is 23.7. The van der Waals surface area contributed by atoms with E-state index in [9.17, 15) is 24.5 Å². The molecule has 2 aliphatic rings. The molecule has 10 heteroatoms. The number of anilines is 2. The molecular weight excluding hydrogens is 460 g/mol. The van der Waals surface area contributed by atoms with Gasteiger partial charge >= 0.3 is 6.03 Å². The van der Waals surface area contributed by atoms with Gasteiger partial charge < -0.3 is 4.90 Å². The molecule has 2 aliphatic heterocycles. The van der Waals surface area contributed by atoms with E-state index in [-0.39, 0.29) is 12.1 Å². The Morgan fingerprint density at radius 3 is 2.53 bits per heavy atom. The zero-order valence-electron chi connectivity index (χ0n) is 19.1. The van der Waals surface area contributed by atoms with Crippen LogP contribution in [0.25, 0.3) is 0 Å². The summed E-state index contributed by atoms with van der Waals surface area (Å²) in [6.07, 6.45) is 1.12. The molecule has 4 amide bonds. The molecule has 0 aliphatic carbocycles. The third kappa shape index (κ3) is 3.51. The zero-order valence-corrected chi connectivity index (χ0v) is 19.9.